The summed E-state index contributed by atoms with van der Waals surface area (Å²) < 4.78 is 46.2. The van der Waals surface area contributed by atoms with Crippen LogP contribution in [0.3, 0.4) is 0 Å². The number of nitrogens with one attached hydrogen (secondary N) is 1. The van der Waals surface area contributed by atoms with Crippen molar-refractivity contribution < 1.29 is 22.3 Å². The predicted octanol–water partition coefficient (Wildman–Crippen LogP) is 2.55. The molecule has 1 saturated heterocycles. The van der Waals surface area contributed by atoms with Crippen molar-refractivity contribution in [2.45, 2.75) is 11.3 Å². The van der Waals surface area contributed by atoms with E-state index in [4.69, 9.17) is 4.74 Å². The molecule has 3 heterocycles. The van der Waals surface area contributed by atoms with Gasteiger partial charge in [-0.1, -0.05) is 0 Å². The van der Waals surface area contributed by atoms with Gasteiger partial charge < -0.3 is 10.1 Å². The van der Waals surface area contributed by atoms with Crippen molar-refractivity contribution in [3.63, 3.8) is 0 Å². The summed E-state index contributed by atoms with van der Waals surface area (Å²) in [6.45, 7) is 0.820. The number of nitrogens with zero attached hydrogens (tertiary/aromatic N) is 3. The van der Waals surface area contributed by atoms with Gasteiger partial charge in [-0.25, -0.2) is 17.8 Å². The maximum absolute atomic E-state index is 14.3. The molecule has 0 unspecified atom stereocenters. The average Bonchev–Trinajstić information content (AvgIpc) is 3.24. The quantitative estimate of drug-likeness (QED) is 0.604. The first-order valence-electron chi connectivity index (χ1n) is 9.45. The number of benzene rings is 1. The van der Waals surface area contributed by atoms with Crippen molar-refractivity contribution in [3.8, 4) is 10.6 Å². The minimum Gasteiger partial charge on any atom is -0.379 e. The van der Waals surface area contributed by atoms with E-state index < -0.39 is 20.7 Å². The molecule has 3 aromatic rings. The van der Waals surface area contributed by atoms with E-state index in [-0.39, 0.29) is 44.3 Å². The van der Waals surface area contributed by atoms with Crippen molar-refractivity contribution in [1.29, 1.82) is 0 Å². The van der Waals surface area contributed by atoms with Gasteiger partial charge in [0.1, 0.15) is 15.7 Å². The van der Waals surface area contributed by atoms with Crippen molar-refractivity contribution in [1.82, 2.24) is 14.3 Å². The molecule has 0 saturated carbocycles. The van der Waals surface area contributed by atoms with E-state index in [1.807, 2.05) is 6.07 Å². The lowest BCUT2D eigenvalue weighted by Crippen LogP contribution is -2.40. The molecular formula is C20H19FN4O4S2. The van der Waals surface area contributed by atoms with Gasteiger partial charge in [0.05, 0.1) is 25.3 Å². The summed E-state index contributed by atoms with van der Waals surface area (Å²) in [6, 6.07) is 7.19. The molecule has 1 amide bonds. The highest BCUT2D eigenvalue weighted by Crippen LogP contribution is 2.25. The zero-order valence-electron chi connectivity index (χ0n) is 16.3. The molecule has 11 heteroatoms. The molecule has 8 nitrogen and oxygen atoms in total. The minimum absolute atomic E-state index is 0.000312. The largest absolute Gasteiger partial charge is 0.379 e. The van der Waals surface area contributed by atoms with Gasteiger partial charge in [0.2, 0.25) is 15.9 Å². The Morgan fingerprint density at radius 2 is 2.06 bits per heavy atom. The van der Waals surface area contributed by atoms with Crippen LogP contribution in [0, 0.1) is 5.82 Å². The van der Waals surface area contributed by atoms with Crippen molar-refractivity contribution >= 4 is 33.0 Å². The van der Waals surface area contributed by atoms with Gasteiger partial charge in [0.25, 0.3) is 0 Å². The number of pyridine rings is 1. The summed E-state index contributed by atoms with van der Waals surface area (Å²) in [7, 11) is -4.03. The lowest BCUT2D eigenvalue weighted by Gasteiger charge is -2.26. The fraction of sp³-hybridized carbons (Fsp3) is 0.250. The highest BCUT2D eigenvalue weighted by molar-refractivity contribution is 7.89. The number of ether oxygens (including phenoxy) is 1. The van der Waals surface area contributed by atoms with Crippen LogP contribution in [-0.2, 0) is 26.0 Å². The van der Waals surface area contributed by atoms with E-state index in [1.165, 1.54) is 21.7 Å². The fourth-order valence-electron chi connectivity index (χ4n) is 3.08. The molecule has 1 aromatic carbocycles. The number of sulfonamides is 1. The summed E-state index contributed by atoms with van der Waals surface area (Å²) in [5, 5.41) is 5.15. The van der Waals surface area contributed by atoms with Crippen LogP contribution in [0.25, 0.3) is 10.6 Å². The zero-order valence-corrected chi connectivity index (χ0v) is 18.0. The summed E-state index contributed by atoms with van der Waals surface area (Å²) in [4.78, 5) is 20.5. The van der Waals surface area contributed by atoms with Crippen LogP contribution in [0.15, 0.2) is 53.0 Å². The average molecular weight is 463 g/mol. The van der Waals surface area contributed by atoms with Crippen LogP contribution in [0.5, 0.6) is 0 Å². The topological polar surface area (TPSA) is 101 Å². The molecule has 0 spiro atoms. The molecular weight excluding hydrogens is 443 g/mol. The molecule has 0 aliphatic carbocycles. The number of morpholine rings is 1. The van der Waals surface area contributed by atoms with Gasteiger partial charge >= 0.3 is 0 Å². The van der Waals surface area contributed by atoms with Gasteiger partial charge in [-0.15, -0.1) is 11.3 Å². The van der Waals surface area contributed by atoms with E-state index in [0.717, 1.165) is 22.7 Å². The first-order chi connectivity index (χ1) is 14.9. The Morgan fingerprint density at radius 1 is 1.26 bits per heavy atom. The first kappa shape index (κ1) is 21.5. The third-order valence-corrected chi connectivity index (χ3v) is 7.46. The summed E-state index contributed by atoms with van der Waals surface area (Å²) >= 11 is 1.40. The minimum atomic E-state index is -4.03. The number of aromatic nitrogens is 2. The zero-order chi connectivity index (χ0) is 21.8. The highest BCUT2D eigenvalue weighted by atomic mass is 32.2. The molecule has 162 valence electrons. The van der Waals surface area contributed by atoms with E-state index in [1.54, 1.807) is 23.8 Å². The van der Waals surface area contributed by atoms with Gasteiger partial charge in [-0.2, -0.15) is 4.31 Å². The molecule has 4 rings (SSSR count). The number of carbonyl (C=O) groups excluding carboxylic acids is 1. The van der Waals surface area contributed by atoms with Crippen LogP contribution < -0.4 is 5.32 Å². The highest BCUT2D eigenvalue weighted by Gasteiger charge is 2.29. The molecule has 2 aromatic heterocycles. The van der Waals surface area contributed by atoms with Gasteiger partial charge in [0.15, 0.2) is 0 Å². The lowest BCUT2D eigenvalue weighted by atomic mass is 10.2. The number of hydrogen-bond donors (Lipinski definition) is 1. The number of rotatable bonds is 6. The Morgan fingerprint density at radius 3 is 2.81 bits per heavy atom. The number of hydrogen-bond acceptors (Lipinski definition) is 7. The van der Waals surface area contributed by atoms with Gasteiger partial charge in [-0.05, 0) is 30.3 Å². The van der Waals surface area contributed by atoms with E-state index in [9.17, 15) is 17.6 Å². The number of halogens is 1. The van der Waals surface area contributed by atoms with Crippen LogP contribution >= 0.6 is 11.3 Å². The maximum atomic E-state index is 14.3. The fourth-order valence-corrected chi connectivity index (χ4v) is 5.39. The molecule has 1 N–H and O–H groups in total. The maximum Gasteiger partial charge on any atom is 0.246 e. The Bertz CT molecular complexity index is 1180. The second-order valence-electron chi connectivity index (χ2n) is 6.77. The van der Waals surface area contributed by atoms with Crippen LogP contribution in [-0.4, -0.2) is 54.9 Å². The van der Waals surface area contributed by atoms with Crippen LogP contribution in [0.4, 0.5) is 10.1 Å². The second-order valence-corrected chi connectivity index (χ2v) is 9.54. The third-order valence-electron chi connectivity index (χ3n) is 4.60. The van der Waals surface area contributed by atoms with Crippen molar-refractivity contribution in [3.05, 3.63) is 59.6 Å². The normalized spacial score (nSPS) is 15.0. The SMILES string of the molecule is O=C(Cc1csc(-c2cccnc2)n1)Nc1ccc(F)c(S(=O)(=O)N2CCOCC2)c1. The molecule has 1 fully saturated rings. The molecule has 31 heavy (non-hydrogen) atoms. The number of anilines is 1. The Balaban J connectivity index is 1.47. The van der Waals surface area contributed by atoms with E-state index >= 15 is 0 Å². The Labute approximate surface area is 182 Å². The predicted molar refractivity (Wildman–Crippen MR) is 114 cm³/mol. The smallest absolute Gasteiger partial charge is 0.246 e. The van der Waals surface area contributed by atoms with E-state index in [2.05, 4.69) is 15.3 Å². The number of thiazole rings is 1. The Kier molecular flexibility index (Phi) is 6.37. The second kappa shape index (κ2) is 9.18. The summed E-state index contributed by atoms with van der Waals surface area (Å²) in [6.07, 6.45) is 3.36. The molecule has 1 aliphatic heterocycles. The Hall–Kier alpha value is -2.73. The van der Waals surface area contributed by atoms with E-state index in [0.29, 0.717) is 5.69 Å². The van der Waals surface area contributed by atoms with Crippen molar-refractivity contribution in [2.24, 2.45) is 0 Å². The molecule has 0 bridgehead atoms. The van der Waals surface area contributed by atoms with Crippen molar-refractivity contribution in [2.75, 3.05) is 31.6 Å². The van der Waals surface area contributed by atoms with Gasteiger partial charge in [0, 0.05) is 42.1 Å². The monoisotopic (exact) mass is 462 g/mol. The first-order valence-corrected chi connectivity index (χ1v) is 11.8. The molecule has 0 radical (unpaired) electrons. The van der Waals surface area contributed by atoms with Gasteiger partial charge in [-0.3, -0.25) is 9.78 Å². The molecule has 1 aliphatic rings. The van der Waals surface area contributed by atoms with Crippen LogP contribution in [0.2, 0.25) is 0 Å². The standard InChI is InChI=1S/C20H19FN4O4S2/c21-17-4-3-15(10-18(17)31(27,28)25-6-8-29-9-7-25)23-19(26)11-16-13-30-20(24-16)14-2-1-5-22-12-14/h1-5,10,12-13H,6-9,11H2,(H,23,26). The third kappa shape index (κ3) is 4.96. The molecule has 0 atom stereocenters. The summed E-state index contributed by atoms with van der Waals surface area (Å²) in [5.41, 5.74) is 1.63. The number of carbonyl (C=O) groups is 1. The number of amides is 1. The summed E-state index contributed by atoms with van der Waals surface area (Å²) in [5.74, 6) is -1.26. The lowest BCUT2D eigenvalue weighted by molar-refractivity contribution is -0.115. The van der Waals surface area contributed by atoms with Crippen LogP contribution in [0.1, 0.15) is 5.69 Å².